The molecule has 0 bridgehead atoms. The molecule has 1 aliphatic rings. The minimum absolute atomic E-state index is 0.178. The number of halogens is 3. The van der Waals surface area contributed by atoms with Gasteiger partial charge in [-0.05, 0) is 59.8 Å². The van der Waals surface area contributed by atoms with E-state index in [4.69, 9.17) is 0 Å². The Kier molecular flexibility index (Phi) is 4.15. The van der Waals surface area contributed by atoms with Gasteiger partial charge in [0.1, 0.15) is 11.6 Å². The van der Waals surface area contributed by atoms with Crippen LogP contribution in [0.15, 0.2) is 16.6 Å². The van der Waals surface area contributed by atoms with Crippen molar-refractivity contribution in [1.29, 1.82) is 0 Å². The van der Waals surface area contributed by atoms with Crippen LogP contribution in [0.3, 0.4) is 0 Å². The zero-order chi connectivity index (χ0) is 12.4. The van der Waals surface area contributed by atoms with Crippen molar-refractivity contribution >= 4 is 15.9 Å². The number of piperidine rings is 1. The van der Waals surface area contributed by atoms with E-state index in [0.29, 0.717) is 16.8 Å². The Morgan fingerprint density at radius 1 is 1.41 bits per heavy atom. The number of benzene rings is 1. The van der Waals surface area contributed by atoms with Crippen molar-refractivity contribution in [3.8, 4) is 0 Å². The molecule has 0 amide bonds. The van der Waals surface area contributed by atoms with Crippen molar-refractivity contribution in [2.75, 3.05) is 6.54 Å². The van der Waals surface area contributed by atoms with Crippen molar-refractivity contribution in [3.05, 3.63) is 33.8 Å². The molecule has 1 fully saturated rings. The first-order valence-electron chi connectivity index (χ1n) is 5.93. The molecule has 2 rings (SSSR count). The molecule has 2 unspecified atom stereocenters. The van der Waals surface area contributed by atoms with Gasteiger partial charge in [0.25, 0.3) is 0 Å². The predicted molar refractivity (Wildman–Crippen MR) is 68.0 cm³/mol. The van der Waals surface area contributed by atoms with Gasteiger partial charge < -0.3 is 5.32 Å². The molecule has 0 saturated carbocycles. The highest BCUT2D eigenvalue weighted by Gasteiger charge is 2.22. The largest absolute Gasteiger partial charge is 0.314 e. The third-order valence-electron chi connectivity index (χ3n) is 3.35. The minimum atomic E-state index is -0.468. The third-order valence-corrected chi connectivity index (χ3v) is 3.96. The lowest BCUT2D eigenvalue weighted by molar-refractivity contribution is 0.314. The molecule has 0 aromatic heterocycles. The fraction of sp³-hybridized carbons (Fsp3) is 0.538. The second-order valence-electron chi connectivity index (χ2n) is 4.81. The molecule has 4 heteroatoms. The topological polar surface area (TPSA) is 12.0 Å². The van der Waals surface area contributed by atoms with E-state index < -0.39 is 11.6 Å². The van der Waals surface area contributed by atoms with E-state index in [-0.39, 0.29) is 11.6 Å². The summed E-state index contributed by atoms with van der Waals surface area (Å²) in [5, 5.41) is 3.32. The Labute approximate surface area is 109 Å². The van der Waals surface area contributed by atoms with Gasteiger partial charge in [-0.15, -0.1) is 0 Å². The molecule has 1 N–H and O–H groups in total. The smallest absolute Gasteiger partial charge is 0.143 e. The Morgan fingerprint density at radius 3 is 2.88 bits per heavy atom. The van der Waals surface area contributed by atoms with E-state index in [9.17, 15) is 8.78 Å². The Hall–Kier alpha value is -0.480. The normalized spacial score (nSPS) is 24.9. The number of hydrogen-bond donors (Lipinski definition) is 1. The minimum Gasteiger partial charge on any atom is -0.314 e. The molecule has 0 spiro atoms. The van der Waals surface area contributed by atoms with Crippen LogP contribution in [0.2, 0.25) is 0 Å². The zero-order valence-electron chi connectivity index (χ0n) is 9.77. The van der Waals surface area contributed by atoms with Crippen molar-refractivity contribution < 1.29 is 8.78 Å². The van der Waals surface area contributed by atoms with Gasteiger partial charge in [-0.2, -0.15) is 0 Å². The van der Waals surface area contributed by atoms with Gasteiger partial charge in [-0.1, -0.05) is 6.92 Å². The van der Waals surface area contributed by atoms with Crippen LogP contribution in [0.25, 0.3) is 0 Å². The quantitative estimate of drug-likeness (QED) is 0.822. The first kappa shape index (κ1) is 13.0. The van der Waals surface area contributed by atoms with Gasteiger partial charge in [0.2, 0.25) is 0 Å². The molecule has 0 aliphatic carbocycles. The average Bonchev–Trinajstić information content (AvgIpc) is 2.30. The fourth-order valence-corrected chi connectivity index (χ4v) is 2.75. The molecule has 17 heavy (non-hydrogen) atoms. The van der Waals surface area contributed by atoms with Crippen LogP contribution in [0.5, 0.6) is 0 Å². The standard InChI is InChI=1S/C13H16BrF2N/c1-8-4-5-17-9(6-8)7-10-12(15)3-2-11(14)13(10)16/h2-3,8-9,17H,4-7H2,1H3. The van der Waals surface area contributed by atoms with E-state index in [0.717, 1.165) is 19.4 Å². The lowest BCUT2D eigenvalue weighted by Gasteiger charge is -2.28. The van der Waals surface area contributed by atoms with Crippen LogP contribution in [-0.2, 0) is 6.42 Å². The van der Waals surface area contributed by atoms with Gasteiger partial charge in [-0.3, -0.25) is 0 Å². The summed E-state index contributed by atoms with van der Waals surface area (Å²) in [5.41, 5.74) is 0.186. The molecule has 2 atom stereocenters. The Morgan fingerprint density at radius 2 is 2.18 bits per heavy atom. The van der Waals surface area contributed by atoms with Gasteiger partial charge in [0, 0.05) is 11.6 Å². The SMILES string of the molecule is CC1CCNC(Cc2c(F)ccc(Br)c2F)C1. The van der Waals surface area contributed by atoms with Crippen molar-refractivity contribution in [3.63, 3.8) is 0 Å². The summed E-state index contributed by atoms with van der Waals surface area (Å²) in [5.74, 6) is -0.296. The summed E-state index contributed by atoms with van der Waals surface area (Å²) in [6, 6.07) is 2.90. The molecule has 1 aromatic carbocycles. The first-order chi connectivity index (χ1) is 8.08. The second kappa shape index (κ2) is 5.44. The first-order valence-corrected chi connectivity index (χ1v) is 6.73. The number of hydrogen-bond acceptors (Lipinski definition) is 1. The van der Waals surface area contributed by atoms with Crippen molar-refractivity contribution in [2.24, 2.45) is 5.92 Å². The van der Waals surface area contributed by atoms with Crippen molar-refractivity contribution in [2.45, 2.75) is 32.2 Å². The average molecular weight is 304 g/mol. The Bertz CT molecular complexity index is 409. The van der Waals surface area contributed by atoms with Crippen molar-refractivity contribution in [1.82, 2.24) is 5.32 Å². The summed E-state index contributed by atoms with van der Waals surface area (Å²) < 4.78 is 27.7. The summed E-state index contributed by atoms with van der Waals surface area (Å²) in [7, 11) is 0. The van der Waals surface area contributed by atoms with Crippen LogP contribution >= 0.6 is 15.9 Å². The predicted octanol–water partition coefficient (Wildman–Crippen LogP) is 3.66. The van der Waals surface area contributed by atoms with Crippen LogP contribution in [-0.4, -0.2) is 12.6 Å². The second-order valence-corrected chi connectivity index (χ2v) is 5.66. The highest BCUT2D eigenvalue weighted by atomic mass is 79.9. The number of nitrogens with one attached hydrogen (secondary N) is 1. The van der Waals surface area contributed by atoms with E-state index in [1.54, 1.807) is 0 Å². The lowest BCUT2D eigenvalue weighted by atomic mass is 9.90. The highest BCUT2D eigenvalue weighted by molar-refractivity contribution is 9.10. The van der Waals surface area contributed by atoms with Gasteiger partial charge in [0.15, 0.2) is 0 Å². The molecular formula is C13H16BrF2N. The summed E-state index contributed by atoms with van der Waals surface area (Å²) in [4.78, 5) is 0. The highest BCUT2D eigenvalue weighted by Crippen LogP contribution is 2.25. The van der Waals surface area contributed by atoms with Crippen LogP contribution in [0.1, 0.15) is 25.3 Å². The maximum absolute atomic E-state index is 13.8. The van der Waals surface area contributed by atoms with E-state index in [1.807, 2.05) is 0 Å². The number of rotatable bonds is 2. The zero-order valence-corrected chi connectivity index (χ0v) is 11.4. The molecule has 94 valence electrons. The third kappa shape index (κ3) is 3.05. The maximum atomic E-state index is 13.8. The van der Waals surface area contributed by atoms with Crippen LogP contribution < -0.4 is 5.32 Å². The molecule has 1 nitrogen and oxygen atoms in total. The van der Waals surface area contributed by atoms with Gasteiger partial charge in [0.05, 0.1) is 4.47 Å². The summed E-state index contributed by atoms with van der Waals surface area (Å²) >= 11 is 3.09. The molecule has 1 heterocycles. The fourth-order valence-electron chi connectivity index (χ4n) is 2.38. The molecule has 1 aromatic rings. The maximum Gasteiger partial charge on any atom is 0.143 e. The lowest BCUT2D eigenvalue weighted by Crippen LogP contribution is -2.39. The van der Waals surface area contributed by atoms with Crippen LogP contribution in [0, 0.1) is 17.6 Å². The molecule has 1 aliphatic heterocycles. The molecule has 0 radical (unpaired) electrons. The van der Waals surface area contributed by atoms with E-state index >= 15 is 0 Å². The van der Waals surface area contributed by atoms with Crippen LogP contribution in [0.4, 0.5) is 8.78 Å². The van der Waals surface area contributed by atoms with E-state index in [1.165, 1.54) is 12.1 Å². The Balaban J connectivity index is 2.15. The van der Waals surface area contributed by atoms with Gasteiger partial charge >= 0.3 is 0 Å². The van der Waals surface area contributed by atoms with Gasteiger partial charge in [-0.25, -0.2) is 8.78 Å². The molecular weight excluding hydrogens is 288 g/mol. The summed E-state index contributed by atoms with van der Waals surface area (Å²) in [6.07, 6.45) is 2.53. The molecule has 1 saturated heterocycles. The van der Waals surface area contributed by atoms with E-state index in [2.05, 4.69) is 28.2 Å². The summed E-state index contributed by atoms with van der Waals surface area (Å²) in [6.45, 7) is 3.12. The monoisotopic (exact) mass is 303 g/mol.